The molecule has 2 aromatic rings. The van der Waals surface area contributed by atoms with E-state index in [-0.39, 0.29) is 35.0 Å². The molecule has 0 amide bonds. The predicted octanol–water partition coefficient (Wildman–Crippen LogP) is 8.44. The first kappa shape index (κ1) is 25.9. The molecule has 192 valence electrons. The number of allylic oxidation sites excluding steroid dienone is 1. The van der Waals surface area contributed by atoms with Crippen molar-refractivity contribution in [3.63, 3.8) is 0 Å². The number of halogens is 3. The fourth-order valence-electron chi connectivity index (χ4n) is 6.00. The van der Waals surface area contributed by atoms with Crippen LogP contribution in [0.1, 0.15) is 82.4 Å². The Morgan fingerprint density at radius 3 is 2.29 bits per heavy atom. The maximum absolute atomic E-state index is 14.4. The van der Waals surface area contributed by atoms with Gasteiger partial charge >= 0.3 is 6.18 Å². The number of benzene rings is 2. The molecule has 1 saturated heterocycles. The normalized spacial score (nSPS) is 23.3. The van der Waals surface area contributed by atoms with Gasteiger partial charge in [-0.15, -0.1) is 0 Å². The summed E-state index contributed by atoms with van der Waals surface area (Å²) in [7, 11) is 0. The van der Waals surface area contributed by atoms with E-state index in [4.69, 9.17) is 4.74 Å². The van der Waals surface area contributed by atoms with Crippen molar-refractivity contribution in [2.45, 2.75) is 83.5 Å². The Labute approximate surface area is 207 Å². The molecule has 2 aromatic carbocycles. The predicted molar refractivity (Wildman–Crippen MR) is 135 cm³/mol. The van der Waals surface area contributed by atoms with Crippen LogP contribution >= 0.6 is 0 Å². The number of ether oxygens (including phenoxy) is 1. The van der Waals surface area contributed by atoms with Crippen LogP contribution in [-0.2, 0) is 6.18 Å². The lowest BCUT2D eigenvalue weighted by atomic mass is 9.86. The zero-order valence-corrected chi connectivity index (χ0v) is 20.9. The molecule has 0 aromatic heterocycles. The summed E-state index contributed by atoms with van der Waals surface area (Å²) < 4.78 is 49.3. The summed E-state index contributed by atoms with van der Waals surface area (Å²) in [5, 5.41) is 10.5. The molecule has 1 saturated carbocycles. The Bertz CT molecular complexity index is 1020. The minimum absolute atomic E-state index is 0.0299. The standard InChI is InChI=1S/C29H38F3NO2/c1-4-20-6-11-24(12-7-20)35-27-13-10-22-8-9-23(18-25(22)28(27)29(30,31)32)26(5-2)33-16-14-21(15-17-33)19(3)34/h8-10,13,18,20-21,24,26,34H,3-7,11-12,14-17H2,1-2H3/t20-,24+,26?. The summed E-state index contributed by atoms with van der Waals surface area (Å²) in [6, 6.07) is 8.77. The van der Waals surface area contributed by atoms with Crippen molar-refractivity contribution in [3.05, 3.63) is 53.8 Å². The molecule has 4 rings (SSSR count). The minimum Gasteiger partial charge on any atom is -0.513 e. The molecule has 1 unspecified atom stereocenters. The average molecular weight is 490 g/mol. The van der Waals surface area contributed by atoms with Crippen molar-refractivity contribution in [1.29, 1.82) is 0 Å². The molecular formula is C29H38F3NO2. The highest BCUT2D eigenvalue weighted by molar-refractivity contribution is 5.89. The van der Waals surface area contributed by atoms with E-state index in [2.05, 4.69) is 25.3 Å². The number of hydrogen-bond donors (Lipinski definition) is 1. The summed E-state index contributed by atoms with van der Waals surface area (Å²) in [6.07, 6.45) is 2.51. The third-order valence-corrected chi connectivity index (χ3v) is 8.17. The van der Waals surface area contributed by atoms with Gasteiger partial charge in [-0.05, 0) is 92.4 Å². The van der Waals surface area contributed by atoms with Crippen molar-refractivity contribution in [1.82, 2.24) is 4.90 Å². The molecule has 1 aliphatic carbocycles. The largest absolute Gasteiger partial charge is 0.513 e. The quantitative estimate of drug-likeness (QED) is 0.396. The Morgan fingerprint density at radius 2 is 1.71 bits per heavy atom. The monoisotopic (exact) mass is 489 g/mol. The number of hydrogen-bond acceptors (Lipinski definition) is 3. The van der Waals surface area contributed by atoms with Gasteiger partial charge in [-0.25, -0.2) is 0 Å². The van der Waals surface area contributed by atoms with Gasteiger partial charge in [0.25, 0.3) is 0 Å². The highest BCUT2D eigenvalue weighted by Crippen LogP contribution is 2.44. The maximum atomic E-state index is 14.4. The summed E-state index contributed by atoms with van der Waals surface area (Å²) in [6.45, 7) is 9.49. The van der Waals surface area contributed by atoms with Crippen LogP contribution in [-0.4, -0.2) is 29.2 Å². The number of alkyl halides is 3. The van der Waals surface area contributed by atoms with Crippen LogP contribution in [0.4, 0.5) is 13.2 Å². The van der Waals surface area contributed by atoms with E-state index >= 15 is 0 Å². The highest BCUT2D eigenvalue weighted by Gasteiger charge is 2.38. The number of aliphatic hydroxyl groups excluding tert-OH is 1. The first-order valence-corrected chi connectivity index (χ1v) is 13.1. The lowest BCUT2D eigenvalue weighted by molar-refractivity contribution is -0.138. The molecule has 2 aliphatic rings. The molecule has 0 spiro atoms. The van der Waals surface area contributed by atoms with E-state index < -0.39 is 11.7 Å². The van der Waals surface area contributed by atoms with Gasteiger partial charge in [0.15, 0.2) is 0 Å². The number of fused-ring (bicyclic) bond motifs is 1. The van der Waals surface area contributed by atoms with E-state index in [0.717, 1.165) is 70.0 Å². The fraction of sp³-hybridized carbons (Fsp3) is 0.586. The van der Waals surface area contributed by atoms with Crippen LogP contribution < -0.4 is 4.74 Å². The Morgan fingerprint density at radius 1 is 1.06 bits per heavy atom. The van der Waals surface area contributed by atoms with Crippen LogP contribution in [0, 0.1) is 11.8 Å². The number of piperidine rings is 1. The Hall–Kier alpha value is -2.21. The smallest absolute Gasteiger partial charge is 0.420 e. The molecule has 2 fully saturated rings. The fourth-order valence-corrected chi connectivity index (χ4v) is 6.00. The third-order valence-electron chi connectivity index (χ3n) is 8.17. The molecule has 6 heteroatoms. The van der Waals surface area contributed by atoms with E-state index in [0.29, 0.717) is 11.3 Å². The van der Waals surface area contributed by atoms with Gasteiger partial charge in [0.05, 0.1) is 11.9 Å². The van der Waals surface area contributed by atoms with E-state index in [1.807, 2.05) is 6.07 Å². The summed E-state index contributed by atoms with van der Waals surface area (Å²) >= 11 is 0. The Balaban J connectivity index is 1.64. The minimum atomic E-state index is -4.50. The molecule has 35 heavy (non-hydrogen) atoms. The first-order chi connectivity index (χ1) is 16.7. The van der Waals surface area contributed by atoms with Crippen LogP contribution in [0.5, 0.6) is 5.75 Å². The van der Waals surface area contributed by atoms with Crippen molar-refractivity contribution < 1.29 is 23.0 Å². The van der Waals surface area contributed by atoms with E-state index in [9.17, 15) is 18.3 Å². The van der Waals surface area contributed by atoms with E-state index in [1.165, 1.54) is 6.07 Å². The molecule has 1 aliphatic heterocycles. The number of rotatable bonds is 7. The van der Waals surface area contributed by atoms with Gasteiger partial charge in [-0.3, -0.25) is 4.90 Å². The number of aliphatic hydroxyl groups is 1. The number of likely N-dealkylation sites (tertiary alicyclic amines) is 1. The van der Waals surface area contributed by atoms with Crippen molar-refractivity contribution in [2.75, 3.05) is 13.1 Å². The summed E-state index contributed by atoms with van der Waals surface area (Å²) in [4.78, 5) is 2.32. The second kappa shape index (κ2) is 10.8. The van der Waals surface area contributed by atoms with Crippen LogP contribution in [0.2, 0.25) is 0 Å². The number of nitrogens with zero attached hydrogens (tertiary/aromatic N) is 1. The van der Waals surface area contributed by atoms with Gasteiger partial charge in [-0.1, -0.05) is 45.0 Å². The topological polar surface area (TPSA) is 32.7 Å². The summed E-state index contributed by atoms with van der Waals surface area (Å²) in [5.74, 6) is 0.943. The zero-order valence-electron chi connectivity index (χ0n) is 20.9. The van der Waals surface area contributed by atoms with Gasteiger partial charge in [-0.2, -0.15) is 13.2 Å². The Kier molecular flexibility index (Phi) is 7.99. The van der Waals surface area contributed by atoms with Gasteiger partial charge in [0, 0.05) is 12.0 Å². The van der Waals surface area contributed by atoms with Crippen molar-refractivity contribution in [3.8, 4) is 5.75 Å². The van der Waals surface area contributed by atoms with Crippen LogP contribution in [0.15, 0.2) is 42.7 Å². The average Bonchev–Trinajstić information content (AvgIpc) is 2.84. The molecule has 1 atom stereocenters. The first-order valence-electron chi connectivity index (χ1n) is 13.1. The molecule has 3 nitrogen and oxygen atoms in total. The second-order valence-corrected chi connectivity index (χ2v) is 10.3. The van der Waals surface area contributed by atoms with E-state index in [1.54, 1.807) is 18.2 Å². The van der Waals surface area contributed by atoms with Crippen molar-refractivity contribution >= 4 is 10.8 Å². The van der Waals surface area contributed by atoms with Gasteiger partial charge in [0.2, 0.25) is 0 Å². The third kappa shape index (κ3) is 5.79. The van der Waals surface area contributed by atoms with Gasteiger partial charge in [0.1, 0.15) is 11.3 Å². The molecular weight excluding hydrogens is 451 g/mol. The van der Waals surface area contributed by atoms with Crippen molar-refractivity contribution in [2.24, 2.45) is 11.8 Å². The summed E-state index contributed by atoms with van der Waals surface area (Å²) in [5.41, 5.74) is 0.243. The van der Waals surface area contributed by atoms with Crippen LogP contribution in [0.3, 0.4) is 0 Å². The van der Waals surface area contributed by atoms with Crippen LogP contribution in [0.25, 0.3) is 10.8 Å². The molecule has 1 heterocycles. The molecule has 0 bridgehead atoms. The van der Waals surface area contributed by atoms with Gasteiger partial charge < -0.3 is 9.84 Å². The highest BCUT2D eigenvalue weighted by atomic mass is 19.4. The SMILES string of the molecule is C=C(O)C1CCN(C(CC)c2ccc3ccc(O[C@H]4CC[C@@H](CC)CC4)c(C(F)(F)F)c3c2)CC1. The lowest BCUT2D eigenvalue weighted by Gasteiger charge is -2.37. The maximum Gasteiger partial charge on any atom is 0.420 e. The molecule has 0 radical (unpaired) electrons. The second-order valence-electron chi connectivity index (χ2n) is 10.3. The lowest BCUT2D eigenvalue weighted by Crippen LogP contribution is -2.37. The zero-order chi connectivity index (χ0) is 25.2. The molecule has 1 N–H and O–H groups in total.